The normalized spacial score (nSPS) is 12.9. The summed E-state index contributed by atoms with van der Waals surface area (Å²) in [5.41, 5.74) is 1.39. The third kappa shape index (κ3) is 3.21. The highest BCUT2D eigenvalue weighted by Gasteiger charge is 2.11. The lowest BCUT2D eigenvalue weighted by Gasteiger charge is -2.12. The van der Waals surface area contributed by atoms with Crippen molar-refractivity contribution in [2.24, 2.45) is 0 Å². The van der Waals surface area contributed by atoms with Crippen molar-refractivity contribution in [3.8, 4) is 0 Å². The van der Waals surface area contributed by atoms with Gasteiger partial charge in [0.15, 0.2) is 4.67 Å². The zero-order chi connectivity index (χ0) is 12.4. The van der Waals surface area contributed by atoms with Gasteiger partial charge in [0, 0.05) is 15.8 Å². The topological polar surface area (TPSA) is 25.2 Å². The van der Waals surface area contributed by atoms with E-state index in [9.17, 15) is 0 Å². The number of rotatable bonds is 4. The van der Waals surface area contributed by atoms with Gasteiger partial charge in [-0.15, -0.1) is 11.3 Å². The smallest absolute Gasteiger partial charge is 0.169 e. The van der Waals surface area contributed by atoms with Crippen LogP contribution < -0.4 is 5.32 Å². The Bertz CT molecular complexity index is 503. The Labute approximate surface area is 114 Å². The maximum absolute atomic E-state index is 5.46. The maximum Gasteiger partial charge on any atom is 0.169 e. The van der Waals surface area contributed by atoms with E-state index in [1.54, 1.807) is 0 Å². The van der Waals surface area contributed by atoms with Crippen LogP contribution in [0.1, 0.15) is 34.0 Å². The highest BCUT2D eigenvalue weighted by atomic mass is 79.9. The Kier molecular flexibility index (Phi) is 4.07. The van der Waals surface area contributed by atoms with Crippen LogP contribution in [0.3, 0.4) is 0 Å². The number of nitrogens with one attached hydrogen (secondary N) is 1. The minimum atomic E-state index is 0.351. The summed E-state index contributed by atoms with van der Waals surface area (Å²) in [6, 6.07) is 6.51. The van der Waals surface area contributed by atoms with Crippen LogP contribution in [0, 0.1) is 13.8 Å². The molecule has 0 saturated heterocycles. The van der Waals surface area contributed by atoms with E-state index in [0.29, 0.717) is 6.04 Å². The van der Waals surface area contributed by atoms with E-state index in [2.05, 4.69) is 48.1 Å². The predicted octanol–water partition coefficient (Wildman–Crippen LogP) is 4.57. The third-order valence-electron chi connectivity index (χ3n) is 2.76. The van der Waals surface area contributed by atoms with E-state index in [1.807, 2.05) is 23.5 Å². The highest BCUT2D eigenvalue weighted by Crippen LogP contribution is 2.26. The molecule has 0 saturated carbocycles. The minimum Gasteiger partial charge on any atom is -0.453 e. The summed E-state index contributed by atoms with van der Waals surface area (Å²) < 4.78 is 6.24. The number of furan rings is 1. The fourth-order valence-corrected chi connectivity index (χ4v) is 3.25. The summed E-state index contributed by atoms with van der Waals surface area (Å²) in [5, 5.41) is 3.47. The molecule has 1 N–H and O–H groups in total. The van der Waals surface area contributed by atoms with Gasteiger partial charge in [-0.05, 0) is 60.5 Å². The molecule has 1 unspecified atom stereocenters. The predicted molar refractivity (Wildman–Crippen MR) is 75.5 cm³/mol. The first-order valence-electron chi connectivity index (χ1n) is 5.61. The monoisotopic (exact) mass is 313 g/mol. The van der Waals surface area contributed by atoms with Crippen LogP contribution in [0.25, 0.3) is 0 Å². The summed E-state index contributed by atoms with van der Waals surface area (Å²) in [4.78, 5) is 2.76. The number of thiophene rings is 1. The quantitative estimate of drug-likeness (QED) is 0.894. The van der Waals surface area contributed by atoms with Crippen LogP contribution in [0.5, 0.6) is 0 Å². The second-order valence-corrected chi connectivity index (χ2v) is 6.42. The molecule has 92 valence electrons. The van der Waals surface area contributed by atoms with Gasteiger partial charge in [0.2, 0.25) is 0 Å². The lowest BCUT2D eigenvalue weighted by molar-refractivity contribution is 0.446. The Hall–Kier alpha value is -0.580. The van der Waals surface area contributed by atoms with Crippen molar-refractivity contribution in [2.75, 3.05) is 0 Å². The van der Waals surface area contributed by atoms with Crippen molar-refractivity contribution in [3.63, 3.8) is 0 Å². The van der Waals surface area contributed by atoms with Crippen LogP contribution in [0.4, 0.5) is 0 Å². The van der Waals surface area contributed by atoms with Crippen molar-refractivity contribution in [3.05, 3.63) is 43.9 Å². The van der Waals surface area contributed by atoms with E-state index in [4.69, 9.17) is 4.42 Å². The molecule has 0 amide bonds. The van der Waals surface area contributed by atoms with E-state index < -0.39 is 0 Å². The van der Waals surface area contributed by atoms with Gasteiger partial charge in [0.1, 0.15) is 5.76 Å². The fourth-order valence-electron chi connectivity index (χ4n) is 1.89. The molecule has 0 aliphatic heterocycles. The van der Waals surface area contributed by atoms with Crippen LogP contribution in [0.2, 0.25) is 0 Å². The second-order valence-electron chi connectivity index (χ2n) is 4.18. The van der Waals surface area contributed by atoms with Gasteiger partial charge in [-0.1, -0.05) is 0 Å². The Morgan fingerprint density at radius 3 is 2.71 bits per heavy atom. The molecule has 1 atom stereocenters. The Morgan fingerprint density at radius 1 is 1.41 bits per heavy atom. The second kappa shape index (κ2) is 5.38. The molecule has 0 aliphatic carbocycles. The first-order valence-corrected chi connectivity index (χ1v) is 7.21. The molecular formula is C13H16BrNOS. The van der Waals surface area contributed by atoms with Gasteiger partial charge in [0.05, 0.1) is 6.54 Å². The fraction of sp³-hybridized carbons (Fsp3) is 0.385. The van der Waals surface area contributed by atoms with Gasteiger partial charge in [-0.25, -0.2) is 0 Å². The Balaban J connectivity index is 1.97. The van der Waals surface area contributed by atoms with Gasteiger partial charge < -0.3 is 9.73 Å². The molecule has 0 fully saturated rings. The third-order valence-corrected chi connectivity index (χ3v) is 4.17. The summed E-state index contributed by atoms with van der Waals surface area (Å²) in [6.07, 6.45) is 0. The molecule has 4 heteroatoms. The average Bonchev–Trinajstić information content (AvgIpc) is 2.81. The number of halogens is 1. The van der Waals surface area contributed by atoms with Crippen LogP contribution in [-0.2, 0) is 6.54 Å². The zero-order valence-electron chi connectivity index (χ0n) is 10.2. The molecule has 2 nitrogen and oxygen atoms in total. The van der Waals surface area contributed by atoms with E-state index in [0.717, 1.165) is 17.0 Å². The van der Waals surface area contributed by atoms with Crippen molar-refractivity contribution in [2.45, 2.75) is 33.4 Å². The van der Waals surface area contributed by atoms with E-state index in [1.165, 1.54) is 15.3 Å². The van der Waals surface area contributed by atoms with Crippen molar-refractivity contribution in [1.82, 2.24) is 5.32 Å². The molecule has 2 aromatic heterocycles. The van der Waals surface area contributed by atoms with Gasteiger partial charge in [0.25, 0.3) is 0 Å². The molecule has 0 aliphatic rings. The molecular weight excluding hydrogens is 298 g/mol. The van der Waals surface area contributed by atoms with E-state index in [-0.39, 0.29) is 0 Å². The lowest BCUT2D eigenvalue weighted by atomic mass is 10.1. The zero-order valence-corrected chi connectivity index (χ0v) is 12.6. The summed E-state index contributed by atoms with van der Waals surface area (Å²) in [7, 11) is 0. The van der Waals surface area contributed by atoms with Gasteiger partial charge >= 0.3 is 0 Å². The molecule has 2 rings (SSSR count). The van der Waals surface area contributed by atoms with Gasteiger partial charge in [-0.3, -0.25) is 0 Å². The Morgan fingerprint density at radius 2 is 2.18 bits per heavy atom. The molecule has 0 spiro atoms. The number of hydrogen-bond donors (Lipinski definition) is 1. The molecule has 2 aromatic rings. The lowest BCUT2D eigenvalue weighted by Crippen LogP contribution is -2.17. The van der Waals surface area contributed by atoms with Crippen LogP contribution in [0.15, 0.2) is 27.3 Å². The molecule has 2 heterocycles. The standard InChI is InChI=1S/C13H16BrNOS/c1-8-6-12(10(3)17-8)9(2)15-7-11-4-5-13(14)16-11/h4-6,9,15H,7H2,1-3H3. The summed E-state index contributed by atoms with van der Waals surface area (Å²) in [5.74, 6) is 0.952. The van der Waals surface area contributed by atoms with Crippen LogP contribution in [-0.4, -0.2) is 0 Å². The van der Waals surface area contributed by atoms with Crippen molar-refractivity contribution >= 4 is 27.3 Å². The number of aryl methyl sites for hydroxylation is 2. The molecule has 0 aromatic carbocycles. The summed E-state index contributed by atoms with van der Waals surface area (Å²) in [6.45, 7) is 7.26. The first kappa shape index (κ1) is 12.9. The van der Waals surface area contributed by atoms with E-state index >= 15 is 0 Å². The summed E-state index contributed by atoms with van der Waals surface area (Å²) >= 11 is 5.16. The first-order chi connectivity index (χ1) is 8.06. The largest absolute Gasteiger partial charge is 0.453 e. The SMILES string of the molecule is Cc1cc(C(C)NCc2ccc(Br)o2)c(C)s1. The van der Waals surface area contributed by atoms with Crippen LogP contribution >= 0.6 is 27.3 Å². The minimum absolute atomic E-state index is 0.351. The molecule has 0 radical (unpaired) electrons. The maximum atomic E-state index is 5.46. The molecule has 17 heavy (non-hydrogen) atoms. The van der Waals surface area contributed by atoms with Gasteiger partial charge in [-0.2, -0.15) is 0 Å². The average molecular weight is 314 g/mol. The van der Waals surface area contributed by atoms with Crippen molar-refractivity contribution < 1.29 is 4.42 Å². The van der Waals surface area contributed by atoms with Crippen molar-refractivity contribution in [1.29, 1.82) is 0 Å². The number of hydrogen-bond acceptors (Lipinski definition) is 3. The highest BCUT2D eigenvalue weighted by molar-refractivity contribution is 9.10. The molecule has 0 bridgehead atoms.